The Labute approximate surface area is 197 Å². The van der Waals surface area contributed by atoms with E-state index in [-0.39, 0.29) is 25.2 Å². The highest BCUT2D eigenvalue weighted by molar-refractivity contribution is 5.79. The summed E-state index contributed by atoms with van der Waals surface area (Å²) < 4.78 is 43.1. The van der Waals surface area contributed by atoms with Crippen molar-refractivity contribution in [1.82, 2.24) is 0 Å². The Morgan fingerprint density at radius 3 is 1.88 bits per heavy atom. The maximum atomic E-state index is 16.0. The molecule has 0 spiro atoms. The molecule has 0 heterocycles. The van der Waals surface area contributed by atoms with Gasteiger partial charge < -0.3 is 20.9 Å². The number of rotatable bonds is 4. The van der Waals surface area contributed by atoms with Crippen molar-refractivity contribution in [1.29, 1.82) is 0 Å². The molecule has 0 radical (unpaired) electrons. The van der Waals surface area contributed by atoms with Crippen LogP contribution in [0, 0.1) is 5.41 Å². The van der Waals surface area contributed by atoms with Gasteiger partial charge in [0.2, 0.25) is 5.60 Å². The van der Waals surface area contributed by atoms with Crippen LogP contribution in [0.5, 0.6) is 0 Å². The van der Waals surface area contributed by atoms with E-state index < -0.39 is 41.1 Å². The van der Waals surface area contributed by atoms with E-state index in [9.17, 15) is 9.59 Å². The summed E-state index contributed by atoms with van der Waals surface area (Å²) in [6.45, 7) is 4.60. The van der Waals surface area contributed by atoms with Crippen molar-refractivity contribution in [2.75, 3.05) is 0 Å². The van der Waals surface area contributed by atoms with Crippen molar-refractivity contribution in [3.8, 4) is 11.1 Å². The topological polar surface area (TPSA) is 105 Å². The minimum atomic E-state index is -3.54. The van der Waals surface area contributed by atoms with Crippen LogP contribution >= 0.6 is 0 Å². The molecule has 0 aromatic heterocycles. The van der Waals surface area contributed by atoms with E-state index in [0.717, 1.165) is 22.3 Å². The lowest BCUT2D eigenvalue weighted by atomic mass is 9.55. The second-order valence-corrected chi connectivity index (χ2v) is 10.3. The van der Waals surface area contributed by atoms with Gasteiger partial charge in [-0.25, -0.2) is 18.4 Å². The van der Waals surface area contributed by atoms with E-state index >= 15 is 8.78 Å². The lowest BCUT2D eigenvalue weighted by Crippen LogP contribution is -2.76. The van der Waals surface area contributed by atoms with Crippen LogP contribution < -0.4 is 11.5 Å². The highest BCUT2D eigenvalue weighted by atomic mass is 19.3. The third-order valence-electron chi connectivity index (χ3n) is 7.33. The van der Waals surface area contributed by atoms with Crippen molar-refractivity contribution >= 4 is 12.2 Å². The standard InChI is InChI=1S/C26H30F2N2O4/c1-23(2,3)26(34-22(30)32)24(33-21(29)31,13-8-14-25(26,27)28)15-20-18-11-6-4-9-16(18)17-10-5-7-12-19(17)20/h4-7,9-12,20H,8,13-15H2,1-3H3,(H2,29,31)(H2,30,32)/t24-,26+/m0/s1. The Balaban J connectivity index is 1.98. The van der Waals surface area contributed by atoms with Gasteiger partial charge in [0.05, 0.1) is 0 Å². The third kappa shape index (κ3) is 3.42. The van der Waals surface area contributed by atoms with Crippen LogP contribution in [0.1, 0.15) is 63.5 Å². The number of fused-ring (bicyclic) bond motifs is 3. The minimum Gasteiger partial charge on any atom is -0.438 e. The fourth-order valence-corrected chi connectivity index (χ4v) is 6.40. The number of primary amides is 2. The SMILES string of the molecule is CC(C)(C)[C@]1(OC(N)=O)C(F)(F)CCC[C@@]1(CC1c2ccccc2-c2ccccc21)OC(N)=O. The number of hydrogen-bond acceptors (Lipinski definition) is 4. The predicted molar refractivity (Wildman–Crippen MR) is 123 cm³/mol. The number of hydrogen-bond donors (Lipinski definition) is 2. The van der Waals surface area contributed by atoms with Gasteiger partial charge in [0.15, 0.2) is 5.60 Å². The molecule has 6 nitrogen and oxygen atoms in total. The number of amides is 2. The van der Waals surface area contributed by atoms with Crippen molar-refractivity contribution in [3.05, 3.63) is 59.7 Å². The summed E-state index contributed by atoms with van der Waals surface area (Å²) in [6.07, 6.45) is -3.07. The van der Waals surface area contributed by atoms with Gasteiger partial charge in [0.25, 0.3) is 5.92 Å². The number of alkyl halides is 2. The Kier molecular flexibility index (Phi) is 5.61. The van der Waals surface area contributed by atoms with Crippen molar-refractivity contribution in [3.63, 3.8) is 0 Å². The number of carbonyl (C=O) groups excluding carboxylic acids is 2. The Bertz CT molecular complexity index is 1080. The fourth-order valence-electron chi connectivity index (χ4n) is 6.40. The van der Waals surface area contributed by atoms with Crippen LogP contribution in [0.3, 0.4) is 0 Å². The molecule has 0 aliphatic heterocycles. The highest BCUT2D eigenvalue weighted by Gasteiger charge is 2.77. The molecule has 2 aromatic carbocycles. The largest absolute Gasteiger partial charge is 0.438 e. The molecule has 1 saturated carbocycles. The summed E-state index contributed by atoms with van der Waals surface area (Å²) in [7, 11) is 0. The smallest absolute Gasteiger partial charge is 0.405 e. The van der Waals surface area contributed by atoms with Crippen molar-refractivity contribution < 1.29 is 27.8 Å². The van der Waals surface area contributed by atoms with E-state index in [1.54, 1.807) is 0 Å². The van der Waals surface area contributed by atoms with Gasteiger partial charge in [-0.15, -0.1) is 0 Å². The average Bonchev–Trinajstić information content (AvgIpc) is 3.03. The normalized spacial score (nSPS) is 25.8. The number of carbonyl (C=O) groups is 2. The first-order chi connectivity index (χ1) is 15.9. The molecule has 182 valence electrons. The summed E-state index contributed by atoms with van der Waals surface area (Å²) in [5.74, 6) is -3.93. The van der Waals surface area contributed by atoms with E-state index in [1.165, 1.54) is 20.8 Å². The number of benzene rings is 2. The monoisotopic (exact) mass is 472 g/mol. The predicted octanol–water partition coefficient (Wildman–Crippen LogP) is 5.72. The number of ether oxygens (including phenoxy) is 2. The first kappa shape index (κ1) is 24.0. The van der Waals surface area contributed by atoms with E-state index in [4.69, 9.17) is 20.9 Å². The zero-order valence-electron chi connectivity index (χ0n) is 19.6. The third-order valence-corrected chi connectivity index (χ3v) is 7.33. The summed E-state index contributed by atoms with van der Waals surface area (Å²) in [6, 6.07) is 15.4. The molecule has 2 amide bonds. The maximum Gasteiger partial charge on any atom is 0.405 e. The van der Waals surface area contributed by atoms with Gasteiger partial charge in [0, 0.05) is 24.2 Å². The summed E-state index contributed by atoms with van der Waals surface area (Å²) in [4.78, 5) is 24.3. The van der Waals surface area contributed by atoms with Crippen molar-refractivity contribution in [2.24, 2.45) is 16.9 Å². The molecule has 4 N–H and O–H groups in total. The second-order valence-electron chi connectivity index (χ2n) is 10.3. The van der Waals surface area contributed by atoms with E-state index in [2.05, 4.69) is 0 Å². The lowest BCUT2D eigenvalue weighted by molar-refractivity contribution is -0.320. The molecule has 2 aromatic rings. The lowest BCUT2D eigenvalue weighted by Gasteiger charge is -2.60. The van der Waals surface area contributed by atoms with Crippen LogP contribution in [-0.2, 0) is 9.47 Å². The minimum absolute atomic E-state index is 0.0386. The molecular formula is C26H30F2N2O4. The molecule has 2 aliphatic carbocycles. The quantitative estimate of drug-likeness (QED) is 0.593. The van der Waals surface area contributed by atoms with Crippen molar-refractivity contribution in [2.45, 2.75) is 69.5 Å². The molecule has 2 atom stereocenters. The molecular weight excluding hydrogens is 442 g/mol. The first-order valence-corrected chi connectivity index (χ1v) is 11.4. The maximum absolute atomic E-state index is 16.0. The van der Waals surface area contributed by atoms with Gasteiger partial charge in [0.1, 0.15) is 0 Å². The first-order valence-electron chi connectivity index (χ1n) is 11.4. The highest BCUT2D eigenvalue weighted by Crippen LogP contribution is 2.63. The Morgan fingerprint density at radius 1 is 0.912 bits per heavy atom. The van der Waals surface area contributed by atoms with Gasteiger partial charge in [-0.2, -0.15) is 0 Å². The number of halogens is 2. The number of nitrogens with two attached hydrogens (primary N) is 2. The fraction of sp³-hybridized carbons (Fsp3) is 0.462. The van der Waals surface area contributed by atoms with Gasteiger partial charge >= 0.3 is 12.2 Å². The van der Waals surface area contributed by atoms with Crippen LogP contribution in [-0.4, -0.2) is 29.3 Å². The summed E-state index contributed by atoms with van der Waals surface area (Å²) in [5, 5.41) is 0. The zero-order chi connectivity index (χ0) is 24.9. The average molecular weight is 473 g/mol. The van der Waals surface area contributed by atoms with Gasteiger partial charge in [-0.1, -0.05) is 69.3 Å². The van der Waals surface area contributed by atoms with Gasteiger partial charge in [-0.05, 0) is 35.1 Å². The molecule has 4 rings (SSSR count). The van der Waals surface area contributed by atoms with Crippen LogP contribution in [0.15, 0.2) is 48.5 Å². The van der Waals surface area contributed by atoms with E-state index in [0.29, 0.717) is 0 Å². The summed E-state index contributed by atoms with van der Waals surface area (Å²) >= 11 is 0. The molecule has 34 heavy (non-hydrogen) atoms. The zero-order valence-corrected chi connectivity index (χ0v) is 19.6. The molecule has 8 heteroatoms. The molecule has 1 fully saturated rings. The Hall–Kier alpha value is -3.16. The molecule has 0 bridgehead atoms. The summed E-state index contributed by atoms with van der Waals surface area (Å²) in [5.41, 5.74) is 8.83. The Morgan fingerprint density at radius 2 is 1.41 bits per heavy atom. The molecule has 0 saturated heterocycles. The van der Waals surface area contributed by atoms with Crippen LogP contribution in [0.25, 0.3) is 11.1 Å². The van der Waals surface area contributed by atoms with Crippen LogP contribution in [0.2, 0.25) is 0 Å². The second kappa shape index (κ2) is 7.96. The van der Waals surface area contributed by atoms with Gasteiger partial charge in [-0.3, -0.25) is 0 Å². The molecule has 0 unspecified atom stereocenters. The van der Waals surface area contributed by atoms with E-state index in [1.807, 2.05) is 48.5 Å². The van der Waals surface area contributed by atoms with Crippen LogP contribution in [0.4, 0.5) is 18.4 Å². The molecule has 2 aliphatic rings.